The number of sulfone groups is 1. The molecule has 0 spiro atoms. The van der Waals surface area contributed by atoms with Crippen molar-refractivity contribution in [1.29, 1.82) is 0 Å². The molecule has 2 N–H and O–H groups in total. The van der Waals surface area contributed by atoms with Crippen LogP contribution >= 0.6 is 11.6 Å². The van der Waals surface area contributed by atoms with Crippen molar-refractivity contribution >= 4 is 32.8 Å². The fourth-order valence-electron chi connectivity index (χ4n) is 2.21. The highest BCUT2D eigenvalue weighted by Gasteiger charge is 2.28. The van der Waals surface area contributed by atoms with Crippen LogP contribution < -0.4 is 10.4 Å². The van der Waals surface area contributed by atoms with E-state index in [1.165, 1.54) is 7.11 Å². The summed E-state index contributed by atoms with van der Waals surface area (Å²) >= 11 is 5.91. The van der Waals surface area contributed by atoms with Crippen molar-refractivity contribution in [2.24, 2.45) is 0 Å². The van der Waals surface area contributed by atoms with Gasteiger partial charge in [-0.15, -0.1) is 0 Å². The molecule has 1 heterocycles. The van der Waals surface area contributed by atoms with E-state index in [-0.39, 0.29) is 29.3 Å². The van der Waals surface area contributed by atoms with E-state index in [0.29, 0.717) is 22.8 Å². The summed E-state index contributed by atoms with van der Waals surface area (Å²) in [4.78, 5) is 0. The monoisotopic (exact) mass is 320 g/mol. The van der Waals surface area contributed by atoms with Crippen molar-refractivity contribution in [1.82, 2.24) is 0 Å². The van der Waals surface area contributed by atoms with Crippen LogP contribution in [0.15, 0.2) is 18.2 Å². The zero-order chi connectivity index (χ0) is 14.8. The topological polar surface area (TPSA) is 82.9 Å². The van der Waals surface area contributed by atoms with E-state index in [0.717, 1.165) is 0 Å². The van der Waals surface area contributed by atoms with Crippen LogP contribution in [0.3, 0.4) is 0 Å². The van der Waals surface area contributed by atoms with Gasteiger partial charge in [-0.3, -0.25) is 0 Å². The average molecular weight is 321 g/mol. The van der Waals surface area contributed by atoms with Gasteiger partial charge in [0.05, 0.1) is 17.2 Å². The molecule has 8 heteroatoms. The Morgan fingerprint density at radius 3 is 2.90 bits per heavy atom. The number of hydrogen-bond donors (Lipinski definition) is 2. The Labute approximate surface area is 123 Å². The van der Waals surface area contributed by atoms with Gasteiger partial charge in [0.15, 0.2) is 22.3 Å². The molecule has 1 fully saturated rings. The maximum Gasteiger partial charge on any atom is 0.185 e. The Morgan fingerprint density at radius 1 is 1.55 bits per heavy atom. The van der Waals surface area contributed by atoms with Crippen molar-refractivity contribution in [3.63, 3.8) is 0 Å². The molecular formula is C12H17ClN2O4S. The van der Waals surface area contributed by atoms with Crippen LogP contribution in [0.2, 0.25) is 5.02 Å². The SMILES string of the molecule is COC[NH+]([O-])c1cc(Cl)ccc1NC1CCS(=O)(=O)C1. The largest absolute Gasteiger partial charge is 0.627 e. The quantitative estimate of drug-likeness (QED) is 0.612. The minimum Gasteiger partial charge on any atom is -0.627 e. The fraction of sp³-hybridized carbons (Fsp3) is 0.500. The fourth-order valence-corrected chi connectivity index (χ4v) is 4.06. The Hall–Kier alpha value is -0.860. The number of anilines is 1. The molecule has 1 saturated heterocycles. The first-order valence-corrected chi connectivity index (χ1v) is 8.40. The molecule has 1 aliphatic heterocycles. The van der Waals surface area contributed by atoms with Crippen LogP contribution in [-0.2, 0) is 14.6 Å². The molecule has 2 atom stereocenters. The van der Waals surface area contributed by atoms with E-state index in [1.54, 1.807) is 18.2 Å². The second-order valence-electron chi connectivity index (χ2n) is 4.79. The molecule has 0 aliphatic carbocycles. The summed E-state index contributed by atoms with van der Waals surface area (Å²) in [5.74, 6) is 0.271. The van der Waals surface area contributed by atoms with Crippen LogP contribution in [0.25, 0.3) is 0 Å². The molecule has 20 heavy (non-hydrogen) atoms. The summed E-state index contributed by atoms with van der Waals surface area (Å²) in [6, 6.07) is 4.75. The van der Waals surface area contributed by atoms with Gasteiger partial charge in [-0.05, 0) is 18.6 Å². The number of quaternary nitrogens is 1. The first-order valence-electron chi connectivity index (χ1n) is 6.20. The van der Waals surface area contributed by atoms with Crippen LogP contribution in [-0.4, -0.2) is 39.8 Å². The summed E-state index contributed by atoms with van der Waals surface area (Å²) in [6.45, 7) is -0.0437. The number of hydrogen-bond acceptors (Lipinski definition) is 5. The molecule has 2 unspecified atom stereocenters. The minimum atomic E-state index is -2.97. The summed E-state index contributed by atoms with van der Waals surface area (Å²) in [6.07, 6.45) is 0.545. The second kappa shape index (κ2) is 6.28. The summed E-state index contributed by atoms with van der Waals surface area (Å²) < 4.78 is 27.8. The third kappa shape index (κ3) is 3.83. The second-order valence-corrected chi connectivity index (χ2v) is 7.46. The summed E-state index contributed by atoms with van der Waals surface area (Å²) in [7, 11) is -1.52. The van der Waals surface area contributed by atoms with Gasteiger partial charge in [0.1, 0.15) is 0 Å². The van der Waals surface area contributed by atoms with Crippen molar-refractivity contribution in [3.8, 4) is 0 Å². The maximum atomic E-state index is 12.0. The Morgan fingerprint density at radius 2 is 2.30 bits per heavy atom. The molecule has 2 rings (SSSR count). The molecular weight excluding hydrogens is 304 g/mol. The van der Waals surface area contributed by atoms with E-state index in [2.05, 4.69) is 5.32 Å². The van der Waals surface area contributed by atoms with Gasteiger partial charge in [-0.25, -0.2) is 8.42 Å². The Balaban J connectivity index is 2.19. The van der Waals surface area contributed by atoms with Gasteiger partial charge in [-0.2, -0.15) is 0 Å². The smallest absolute Gasteiger partial charge is 0.185 e. The van der Waals surface area contributed by atoms with Crippen molar-refractivity contribution in [2.45, 2.75) is 12.5 Å². The zero-order valence-electron chi connectivity index (χ0n) is 11.1. The standard InChI is InChI=1S/C12H17ClN2O4S/c1-19-8-15(16)12-6-9(13)2-3-11(12)14-10-4-5-20(17,18)7-10/h2-3,6,10,14-15H,4-5,7-8H2,1H3. The van der Waals surface area contributed by atoms with Gasteiger partial charge in [-0.1, -0.05) is 11.6 Å². The lowest BCUT2D eigenvalue weighted by molar-refractivity contribution is -0.800. The number of ether oxygens (including phenoxy) is 1. The highest BCUT2D eigenvalue weighted by atomic mass is 35.5. The van der Waals surface area contributed by atoms with Crippen molar-refractivity contribution < 1.29 is 18.2 Å². The molecule has 0 bridgehead atoms. The number of methoxy groups -OCH3 is 1. The van der Waals surface area contributed by atoms with E-state index >= 15 is 0 Å². The minimum absolute atomic E-state index is 0.0437. The van der Waals surface area contributed by atoms with E-state index in [4.69, 9.17) is 16.3 Å². The lowest BCUT2D eigenvalue weighted by Crippen LogP contribution is -3.02. The van der Waals surface area contributed by atoms with Gasteiger partial charge in [0.2, 0.25) is 0 Å². The van der Waals surface area contributed by atoms with Crippen LogP contribution in [0, 0.1) is 5.21 Å². The number of nitrogens with one attached hydrogen (secondary N) is 2. The highest BCUT2D eigenvalue weighted by Crippen LogP contribution is 2.25. The molecule has 0 radical (unpaired) electrons. The molecule has 1 aromatic rings. The third-order valence-electron chi connectivity index (χ3n) is 3.15. The van der Waals surface area contributed by atoms with E-state index in [1.807, 2.05) is 0 Å². The average Bonchev–Trinajstić information content (AvgIpc) is 2.71. The number of halogens is 1. The van der Waals surface area contributed by atoms with Gasteiger partial charge < -0.3 is 20.3 Å². The lowest BCUT2D eigenvalue weighted by Gasteiger charge is -2.24. The highest BCUT2D eigenvalue weighted by molar-refractivity contribution is 7.91. The van der Waals surface area contributed by atoms with Crippen LogP contribution in [0.4, 0.5) is 11.4 Å². The molecule has 0 amide bonds. The lowest BCUT2D eigenvalue weighted by atomic mass is 10.2. The zero-order valence-corrected chi connectivity index (χ0v) is 12.6. The molecule has 0 saturated carbocycles. The third-order valence-corrected chi connectivity index (χ3v) is 5.15. The van der Waals surface area contributed by atoms with Gasteiger partial charge in [0.25, 0.3) is 0 Å². The normalized spacial score (nSPS) is 22.6. The Bertz CT molecular complexity index is 579. The molecule has 112 valence electrons. The predicted molar refractivity (Wildman–Crippen MR) is 78.0 cm³/mol. The predicted octanol–water partition coefficient (Wildman–Crippen LogP) is 0.557. The van der Waals surface area contributed by atoms with E-state index in [9.17, 15) is 13.6 Å². The molecule has 6 nitrogen and oxygen atoms in total. The summed E-state index contributed by atoms with van der Waals surface area (Å²) in [5.41, 5.74) is 1.02. The molecule has 0 aromatic heterocycles. The number of rotatable bonds is 5. The number of hydroxylamine groups is 1. The summed E-state index contributed by atoms with van der Waals surface area (Å²) in [5, 5.41) is 15.4. The molecule has 1 aromatic carbocycles. The first kappa shape index (κ1) is 15.5. The Kier molecular flexibility index (Phi) is 4.87. The van der Waals surface area contributed by atoms with Gasteiger partial charge >= 0.3 is 0 Å². The van der Waals surface area contributed by atoms with Crippen molar-refractivity contribution in [2.75, 3.05) is 30.7 Å². The van der Waals surface area contributed by atoms with Crippen LogP contribution in [0.1, 0.15) is 6.42 Å². The maximum absolute atomic E-state index is 12.0. The number of benzene rings is 1. The van der Waals surface area contributed by atoms with Crippen molar-refractivity contribution in [3.05, 3.63) is 28.4 Å². The first-order chi connectivity index (χ1) is 9.41. The van der Waals surface area contributed by atoms with Crippen LogP contribution in [0.5, 0.6) is 0 Å². The van der Waals surface area contributed by atoms with E-state index < -0.39 is 9.84 Å². The molecule has 1 aliphatic rings. The van der Waals surface area contributed by atoms with Gasteiger partial charge in [0, 0.05) is 24.2 Å².